The lowest BCUT2D eigenvalue weighted by atomic mass is 9.41. The first-order chi connectivity index (χ1) is 11.7. The van der Waals surface area contributed by atoms with Crippen molar-refractivity contribution in [3.8, 4) is 5.75 Å². The molecule has 4 N–H and O–H groups in total. The number of halogens is 2. The first kappa shape index (κ1) is 17.4. The molecule has 0 unspecified atom stereocenters. The van der Waals surface area contributed by atoms with Gasteiger partial charge < -0.3 is 20.8 Å². The second-order valence-electron chi connectivity index (χ2n) is 8.02. The van der Waals surface area contributed by atoms with Gasteiger partial charge in [0.1, 0.15) is 5.75 Å². The van der Waals surface area contributed by atoms with Gasteiger partial charge in [0.2, 0.25) is 5.91 Å². The average Bonchev–Trinajstić information content (AvgIpc) is 2.53. The van der Waals surface area contributed by atoms with Crippen molar-refractivity contribution < 1.29 is 15.0 Å². The normalized spacial score (nSPS) is 32.7. The molecule has 4 fully saturated rings. The van der Waals surface area contributed by atoms with Crippen molar-refractivity contribution in [1.29, 1.82) is 0 Å². The fraction of sp³-hybridized carbons (Fsp3) is 0.611. The van der Waals surface area contributed by atoms with Crippen LogP contribution in [-0.2, 0) is 4.79 Å². The van der Waals surface area contributed by atoms with E-state index in [1.165, 1.54) is 6.07 Å². The number of carbonyl (C=O) groups excluding carboxylic acids is 1. The van der Waals surface area contributed by atoms with Crippen molar-refractivity contribution in [3.05, 3.63) is 27.7 Å². The van der Waals surface area contributed by atoms with Crippen LogP contribution < -0.4 is 5.73 Å². The van der Waals surface area contributed by atoms with Gasteiger partial charge in [-0.2, -0.15) is 0 Å². The second kappa shape index (κ2) is 5.74. The summed E-state index contributed by atoms with van der Waals surface area (Å²) in [5, 5.41) is 20.7. The summed E-state index contributed by atoms with van der Waals surface area (Å²) in [6.07, 6.45) is 3.43. The van der Waals surface area contributed by atoms with Gasteiger partial charge in [0.25, 0.3) is 0 Å². The van der Waals surface area contributed by atoms with Crippen LogP contribution in [0.5, 0.6) is 5.75 Å². The van der Waals surface area contributed by atoms with Gasteiger partial charge >= 0.3 is 0 Å². The highest BCUT2D eigenvalue weighted by Gasteiger charge is 2.71. The van der Waals surface area contributed by atoms with Crippen LogP contribution in [0.3, 0.4) is 0 Å². The number of hydrogen-bond acceptors (Lipinski definition) is 4. The molecule has 2 bridgehead atoms. The van der Waals surface area contributed by atoms with Crippen LogP contribution in [0, 0.1) is 11.3 Å². The van der Waals surface area contributed by atoms with Crippen molar-refractivity contribution in [2.24, 2.45) is 17.1 Å². The lowest BCUT2D eigenvalue weighted by Gasteiger charge is -2.67. The molecule has 1 aliphatic heterocycles. The Morgan fingerprint density at radius 1 is 1.20 bits per heavy atom. The third-order valence-corrected chi connectivity index (χ3v) is 6.94. The Balaban J connectivity index is 1.39. The minimum Gasteiger partial charge on any atom is -0.508 e. The maximum absolute atomic E-state index is 12.7. The Morgan fingerprint density at radius 2 is 1.76 bits per heavy atom. The third kappa shape index (κ3) is 2.72. The number of nitrogens with zero attached hydrogens (tertiary/aromatic N) is 1. The molecule has 0 aromatic heterocycles. The maximum atomic E-state index is 12.7. The highest BCUT2D eigenvalue weighted by atomic mass is 35.5. The van der Waals surface area contributed by atoms with E-state index in [2.05, 4.69) is 0 Å². The summed E-state index contributed by atoms with van der Waals surface area (Å²) in [5.74, 6) is 0.416. The molecule has 1 aromatic rings. The van der Waals surface area contributed by atoms with Crippen LogP contribution in [0.4, 0.5) is 0 Å². The van der Waals surface area contributed by atoms with Gasteiger partial charge in [-0.3, -0.25) is 4.79 Å². The molecule has 3 saturated carbocycles. The van der Waals surface area contributed by atoms with E-state index in [-0.39, 0.29) is 29.0 Å². The zero-order valence-corrected chi connectivity index (χ0v) is 15.4. The highest BCUT2D eigenvalue weighted by molar-refractivity contribution is 6.42. The standard InChI is InChI=1S/C18H22Cl2N2O3/c19-12-5-11(14(23)6-13(12)20)15(21)10-1-3-22(4-2-10)16(24)17-7-18(25,8-17)9-17/h5-6,10,15,23,25H,1-4,7-9,21H2/t15-,17?,18?/m1/s1. The molecule has 3 aliphatic carbocycles. The molecule has 1 saturated heterocycles. The summed E-state index contributed by atoms with van der Waals surface area (Å²) in [6, 6.07) is 2.71. The first-order valence-electron chi connectivity index (χ1n) is 8.68. The number of rotatable bonds is 3. The summed E-state index contributed by atoms with van der Waals surface area (Å²) in [6.45, 7) is 1.33. The van der Waals surface area contributed by atoms with Crippen LogP contribution >= 0.6 is 23.2 Å². The van der Waals surface area contributed by atoms with Gasteiger partial charge in [0.05, 0.1) is 21.1 Å². The Kier molecular flexibility index (Phi) is 4.00. The maximum Gasteiger partial charge on any atom is 0.229 e. The molecule has 1 amide bonds. The van der Waals surface area contributed by atoms with Crippen molar-refractivity contribution in [2.75, 3.05) is 13.1 Å². The summed E-state index contributed by atoms with van der Waals surface area (Å²) < 4.78 is 0. The van der Waals surface area contributed by atoms with E-state index in [1.807, 2.05) is 4.90 Å². The topological polar surface area (TPSA) is 86.8 Å². The smallest absolute Gasteiger partial charge is 0.229 e. The van der Waals surface area contributed by atoms with Crippen LogP contribution in [0.15, 0.2) is 12.1 Å². The van der Waals surface area contributed by atoms with E-state index < -0.39 is 5.60 Å². The fourth-order valence-corrected chi connectivity index (χ4v) is 5.16. The molecule has 1 aromatic carbocycles. The largest absolute Gasteiger partial charge is 0.508 e. The number of nitrogens with two attached hydrogens (primary N) is 1. The molecule has 4 aliphatic rings. The summed E-state index contributed by atoms with van der Waals surface area (Å²) in [7, 11) is 0. The number of hydrogen-bond donors (Lipinski definition) is 3. The number of amides is 1. The Bertz CT molecular complexity index is 712. The molecule has 1 heterocycles. The molecule has 5 nitrogen and oxygen atoms in total. The molecule has 0 radical (unpaired) electrons. The number of carbonyl (C=O) groups is 1. The number of likely N-dealkylation sites (tertiary alicyclic amines) is 1. The monoisotopic (exact) mass is 384 g/mol. The fourth-order valence-electron chi connectivity index (χ4n) is 4.83. The molecule has 7 heteroatoms. The minimum atomic E-state index is -0.554. The lowest BCUT2D eigenvalue weighted by molar-refractivity contribution is -0.256. The average molecular weight is 385 g/mol. The van der Waals surface area contributed by atoms with Gasteiger partial charge in [-0.1, -0.05) is 23.2 Å². The minimum absolute atomic E-state index is 0.0579. The highest BCUT2D eigenvalue weighted by Crippen LogP contribution is 2.67. The van der Waals surface area contributed by atoms with E-state index in [0.717, 1.165) is 12.8 Å². The van der Waals surface area contributed by atoms with E-state index in [1.54, 1.807) is 6.07 Å². The van der Waals surface area contributed by atoms with Crippen LogP contribution in [0.1, 0.15) is 43.7 Å². The van der Waals surface area contributed by atoms with Crippen molar-refractivity contribution in [3.63, 3.8) is 0 Å². The summed E-state index contributed by atoms with van der Waals surface area (Å²) in [5.41, 5.74) is 6.12. The van der Waals surface area contributed by atoms with E-state index >= 15 is 0 Å². The quantitative estimate of drug-likeness (QED) is 0.747. The lowest BCUT2D eigenvalue weighted by Crippen LogP contribution is -2.72. The Morgan fingerprint density at radius 3 is 2.32 bits per heavy atom. The number of benzene rings is 1. The zero-order chi connectivity index (χ0) is 18.0. The summed E-state index contributed by atoms with van der Waals surface area (Å²) >= 11 is 12.0. The van der Waals surface area contributed by atoms with Crippen molar-refractivity contribution in [2.45, 2.75) is 43.7 Å². The number of phenols is 1. The van der Waals surface area contributed by atoms with Crippen LogP contribution in [0.2, 0.25) is 10.0 Å². The number of aliphatic hydroxyl groups is 1. The third-order valence-electron chi connectivity index (χ3n) is 6.22. The van der Waals surface area contributed by atoms with Gasteiger partial charge in [-0.05, 0) is 44.1 Å². The predicted molar refractivity (Wildman–Crippen MR) is 95.6 cm³/mol. The van der Waals surface area contributed by atoms with Gasteiger partial charge in [-0.25, -0.2) is 0 Å². The van der Waals surface area contributed by atoms with Crippen molar-refractivity contribution >= 4 is 29.1 Å². The molecule has 1 atom stereocenters. The SMILES string of the molecule is N[C@@H](c1cc(Cl)c(Cl)cc1O)C1CCN(C(=O)C23CC(O)(C2)C3)CC1. The Labute approximate surface area is 156 Å². The molecule has 5 rings (SSSR count). The summed E-state index contributed by atoms with van der Waals surface area (Å²) in [4.78, 5) is 14.6. The number of piperidine rings is 1. The molecular formula is C18H22Cl2N2O3. The molecule has 0 spiro atoms. The van der Waals surface area contributed by atoms with Crippen LogP contribution in [0.25, 0.3) is 0 Å². The van der Waals surface area contributed by atoms with Crippen LogP contribution in [-0.4, -0.2) is 39.7 Å². The van der Waals surface area contributed by atoms with Gasteiger partial charge in [0, 0.05) is 30.8 Å². The van der Waals surface area contributed by atoms with E-state index in [4.69, 9.17) is 28.9 Å². The zero-order valence-electron chi connectivity index (χ0n) is 13.8. The number of phenolic OH excluding ortho intramolecular Hbond substituents is 1. The van der Waals surface area contributed by atoms with Gasteiger partial charge in [-0.15, -0.1) is 0 Å². The van der Waals surface area contributed by atoms with Crippen molar-refractivity contribution in [1.82, 2.24) is 4.90 Å². The molecule has 25 heavy (non-hydrogen) atoms. The Hall–Kier alpha value is -1.01. The van der Waals surface area contributed by atoms with E-state index in [0.29, 0.717) is 48.0 Å². The predicted octanol–water partition coefficient (Wildman–Crippen LogP) is 2.85. The van der Waals surface area contributed by atoms with E-state index in [9.17, 15) is 15.0 Å². The molecular weight excluding hydrogens is 363 g/mol. The van der Waals surface area contributed by atoms with Gasteiger partial charge in [0.15, 0.2) is 0 Å². The second-order valence-corrected chi connectivity index (χ2v) is 8.83. The first-order valence-corrected chi connectivity index (χ1v) is 9.44. The number of aromatic hydroxyl groups is 1. The molecule has 136 valence electrons.